The third-order valence-corrected chi connectivity index (χ3v) is 4.79. The molecule has 0 bridgehead atoms. The van der Waals surface area contributed by atoms with E-state index in [2.05, 4.69) is 34.3 Å². The second-order valence-electron chi connectivity index (χ2n) is 6.61. The van der Waals surface area contributed by atoms with Crippen molar-refractivity contribution < 1.29 is 4.79 Å². The molecule has 24 heavy (non-hydrogen) atoms. The maximum absolute atomic E-state index is 12.6. The van der Waals surface area contributed by atoms with Crippen molar-refractivity contribution in [3.05, 3.63) is 47.8 Å². The molecule has 1 aromatic heterocycles. The second kappa shape index (κ2) is 7.07. The molecule has 0 saturated carbocycles. The van der Waals surface area contributed by atoms with Crippen molar-refractivity contribution in [3.8, 4) is 0 Å². The number of aromatic nitrogens is 2. The van der Waals surface area contributed by atoms with Crippen LogP contribution in [0.5, 0.6) is 0 Å². The summed E-state index contributed by atoms with van der Waals surface area (Å²) < 4.78 is 1.87. The molecule has 5 nitrogen and oxygen atoms in total. The maximum Gasteiger partial charge on any atom is 0.274 e. The number of aryl methyl sites for hydroxylation is 2. The summed E-state index contributed by atoms with van der Waals surface area (Å²) in [5.74, 6) is 0.525. The number of nitrogens with zero attached hydrogens (tertiary/aromatic N) is 4. The van der Waals surface area contributed by atoms with Gasteiger partial charge in [0.05, 0.1) is 0 Å². The molecule has 1 aliphatic heterocycles. The van der Waals surface area contributed by atoms with Gasteiger partial charge in [0.1, 0.15) is 0 Å². The fourth-order valence-electron chi connectivity index (χ4n) is 3.46. The van der Waals surface area contributed by atoms with E-state index in [0.29, 0.717) is 11.6 Å². The van der Waals surface area contributed by atoms with Crippen LogP contribution in [0.4, 0.5) is 5.69 Å². The molecule has 1 amide bonds. The monoisotopic (exact) mass is 326 g/mol. The Labute approximate surface area is 143 Å². The van der Waals surface area contributed by atoms with Gasteiger partial charge < -0.3 is 9.80 Å². The first-order valence-corrected chi connectivity index (χ1v) is 8.68. The van der Waals surface area contributed by atoms with E-state index in [1.807, 2.05) is 42.6 Å². The summed E-state index contributed by atoms with van der Waals surface area (Å²) in [5, 5.41) is 4.40. The highest BCUT2D eigenvalue weighted by Gasteiger charge is 2.26. The van der Waals surface area contributed by atoms with Gasteiger partial charge in [-0.05, 0) is 44.4 Å². The smallest absolute Gasteiger partial charge is 0.274 e. The largest absolute Gasteiger partial charge is 0.371 e. The van der Waals surface area contributed by atoms with Gasteiger partial charge in [0.25, 0.3) is 5.91 Å². The number of para-hydroxylation sites is 1. The predicted molar refractivity (Wildman–Crippen MR) is 96.4 cm³/mol. The molecular weight excluding hydrogens is 300 g/mol. The molecule has 2 heterocycles. The Morgan fingerprint density at radius 1 is 1.33 bits per heavy atom. The van der Waals surface area contributed by atoms with Crippen molar-refractivity contribution in [2.24, 2.45) is 5.92 Å². The number of anilines is 1. The van der Waals surface area contributed by atoms with Crippen LogP contribution in [0.2, 0.25) is 0 Å². The maximum atomic E-state index is 12.6. The fraction of sp³-hybridized carbons (Fsp3) is 0.474. The zero-order valence-corrected chi connectivity index (χ0v) is 14.8. The summed E-state index contributed by atoms with van der Waals surface area (Å²) >= 11 is 0. The van der Waals surface area contributed by atoms with Crippen LogP contribution in [0.1, 0.15) is 29.5 Å². The van der Waals surface area contributed by atoms with Gasteiger partial charge in [0.15, 0.2) is 5.69 Å². The van der Waals surface area contributed by atoms with Crippen LogP contribution >= 0.6 is 0 Å². The Morgan fingerprint density at radius 2 is 2.08 bits per heavy atom. The molecule has 0 N–H and O–H groups in total. The minimum atomic E-state index is 0.0171. The molecule has 0 aliphatic carbocycles. The lowest BCUT2D eigenvalue weighted by Crippen LogP contribution is -2.33. The van der Waals surface area contributed by atoms with E-state index < -0.39 is 0 Å². The lowest BCUT2D eigenvalue weighted by molar-refractivity contribution is 0.0769. The first-order valence-electron chi connectivity index (χ1n) is 8.68. The number of amides is 1. The molecule has 5 heteroatoms. The molecule has 128 valence electrons. The number of carbonyl (C=O) groups excluding carboxylic acids is 1. The summed E-state index contributed by atoms with van der Waals surface area (Å²) in [4.78, 5) is 16.8. The van der Waals surface area contributed by atoms with Crippen molar-refractivity contribution in [1.29, 1.82) is 0 Å². The second-order valence-corrected chi connectivity index (χ2v) is 6.61. The number of hydrogen-bond acceptors (Lipinski definition) is 3. The third-order valence-electron chi connectivity index (χ3n) is 4.79. The number of benzene rings is 1. The molecule has 1 fully saturated rings. The van der Waals surface area contributed by atoms with Crippen molar-refractivity contribution in [2.45, 2.75) is 26.8 Å². The van der Waals surface area contributed by atoms with Gasteiger partial charge in [-0.3, -0.25) is 9.48 Å². The normalized spacial score (nSPS) is 17.3. The Morgan fingerprint density at radius 3 is 2.75 bits per heavy atom. The first kappa shape index (κ1) is 16.6. The van der Waals surface area contributed by atoms with Gasteiger partial charge in [-0.2, -0.15) is 5.10 Å². The number of rotatable bonds is 5. The predicted octanol–water partition coefficient (Wildman–Crippen LogP) is 2.81. The molecule has 1 atom stereocenters. The van der Waals surface area contributed by atoms with E-state index in [0.717, 1.165) is 38.3 Å². The van der Waals surface area contributed by atoms with Gasteiger partial charge in [0, 0.05) is 44.6 Å². The molecular formula is C19H26N4O. The van der Waals surface area contributed by atoms with Crippen molar-refractivity contribution in [3.63, 3.8) is 0 Å². The first-order chi connectivity index (χ1) is 11.6. The molecule has 1 aromatic carbocycles. The van der Waals surface area contributed by atoms with Gasteiger partial charge in [0.2, 0.25) is 0 Å². The fourth-order valence-corrected chi connectivity index (χ4v) is 3.46. The van der Waals surface area contributed by atoms with Crippen molar-refractivity contribution in [2.75, 3.05) is 31.6 Å². The summed E-state index contributed by atoms with van der Waals surface area (Å²) in [6.45, 7) is 7.65. The van der Waals surface area contributed by atoms with E-state index in [4.69, 9.17) is 0 Å². The van der Waals surface area contributed by atoms with Gasteiger partial charge in [-0.15, -0.1) is 0 Å². The van der Waals surface area contributed by atoms with Crippen molar-refractivity contribution >= 4 is 11.6 Å². The topological polar surface area (TPSA) is 41.4 Å². The SMILES string of the molecule is CCn1nc(C(=O)N(C)C[C@@H]2CCN(c3ccccc3)C2)cc1C. The van der Waals surface area contributed by atoms with Crippen molar-refractivity contribution in [1.82, 2.24) is 14.7 Å². The Hall–Kier alpha value is -2.30. The highest BCUT2D eigenvalue weighted by Crippen LogP contribution is 2.24. The number of hydrogen-bond donors (Lipinski definition) is 0. The molecule has 0 radical (unpaired) electrons. The van der Waals surface area contributed by atoms with E-state index >= 15 is 0 Å². The highest BCUT2D eigenvalue weighted by atomic mass is 16.2. The summed E-state index contributed by atoms with van der Waals surface area (Å²) in [6, 6.07) is 12.4. The minimum Gasteiger partial charge on any atom is -0.371 e. The van der Waals surface area contributed by atoms with E-state index in [1.54, 1.807) is 0 Å². The van der Waals surface area contributed by atoms with Crippen LogP contribution in [0, 0.1) is 12.8 Å². The minimum absolute atomic E-state index is 0.0171. The standard InChI is InChI=1S/C19H26N4O/c1-4-23-15(2)12-18(20-23)19(24)21(3)13-16-10-11-22(14-16)17-8-6-5-7-9-17/h5-9,12,16H,4,10-11,13-14H2,1-3H3/t16-/m0/s1. The molecule has 1 aliphatic rings. The average molecular weight is 326 g/mol. The van der Waals surface area contributed by atoms with Gasteiger partial charge in [-0.1, -0.05) is 18.2 Å². The molecule has 0 unspecified atom stereocenters. The molecule has 3 rings (SSSR count). The van der Waals surface area contributed by atoms with Crippen LogP contribution < -0.4 is 4.90 Å². The van der Waals surface area contributed by atoms with Gasteiger partial charge >= 0.3 is 0 Å². The van der Waals surface area contributed by atoms with Crippen LogP contribution in [0.25, 0.3) is 0 Å². The molecule has 2 aromatic rings. The van der Waals surface area contributed by atoms with Crippen LogP contribution in [-0.2, 0) is 6.54 Å². The average Bonchev–Trinajstić information content (AvgIpc) is 3.21. The van der Waals surface area contributed by atoms with E-state index in [1.165, 1.54) is 5.69 Å². The molecule has 1 saturated heterocycles. The highest BCUT2D eigenvalue weighted by molar-refractivity contribution is 5.92. The quantitative estimate of drug-likeness (QED) is 0.848. The zero-order valence-electron chi connectivity index (χ0n) is 14.8. The Balaban J connectivity index is 1.59. The van der Waals surface area contributed by atoms with E-state index in [-0.39, 0.29) is 5.91 Å². The number of carbonyl (C=O) groups is 1. The lowest BCUT2D eigenvalue weighted by atomic mass is 10.1. The third kappa shape index (κ3) is 3.45. The van der Waals surface area contributed by atoms with Gasteiger partial charge in [-0.25, -0.2) is 0 Å². The molecule has 0 spiro atoms. The van der Waals surface area contributed by atoms with Crippen LogP contribution in [0.3, 0.4) is 0 Å². The summed E-state index contributed by atoms with van der Waals surface area (Å²) in [5.41, 5.74) is 2.85. The van der Waals surface area contributed by atoms with Crippen LogP contribution in [0.15, 0.2) is 36.4 Å². The Kier molecular flexibility index (Phi) is 4.88. The summed E-state index contributed by atoms with van der Waals surface area (Å²) in [6.07, 6.45) is 1.12. The zero-order chi connectivity index (χ0) is 17.1. The summed E-state index contributed by atoms with van der Waals surface area (Å²) in [7, 11) is 1.88. The lowest BCUT2D eigenvalue weighted by Gasteiger charge is -2.22. The Bertz CT molecular complexity index is 695. The van der Waals surface area contributed by atoms with Crippen LogP contribution in [-0.4, -0.2) is 47.3 Å². The van der Waals surface area contributed by atoms with E-state index in [9.17, 15) is 4.79 Å².